The molecule has 2 saturated heterocycles. The molecule has 1 amide bonds. The Labute approximate surface area is 118 Å². The molecule has 0 aromatic heterocycles. The quantitative estimate of drug-likeness (QED) is 0.794. The summed E-state index contributed by atoms with van der Waals surface area (Å²) in [6.45, 7) is 9.37. The molecule has 2 fully saturated rings. The largest absolute Gasteiger partial charge is 0.444 e. The molecular formula is C13H22N2O3S. The summed E-state index contributed by atoms with van der Waals surface area (Å²) in [7, 11) is 0. The normalized spacial score (nSPS) is 25.3. The van der Waals surface area contributed by atoms with Gasteiger partial charge < -0.3 is 10.1 Å². The molecule has 5 nitrogen and oxygen atoms in total. The van der Waals surface area contributed by atoms with Gasteiger partial charge in [0.25, 0.3) is 0 Å². The van der Waals surface area contributed by atoms with Gasteiger partial charge in [-0.3, -0.25) is 9.69 Å². The van der Waals surface area contributed by atoms with Gasteiger partial charge in [-0.15, -0.1) is 0 Å². The van der Waals surface area contributed by atoms with Crippen LogP contribution < -0.4 is 5.32 Å². The summed E-state index contributed by atoms with van der Waals surface area (Å²) in [6, 6.07) is 0. The fraction of sp³-hybridized carbons (Fsp3) is 0.846. The predicted molar refractivity (Wildman–Crippen MR) is 75.2 cm³/mol. The minimum Gasteiger partial charge on any atom is -0.444 e. The second kappa shape index (κ2) is 4.98. The molecule has 2 rings (SSSR count). The molecular weight excluding hydrogens is 264 g/mol. The van der Waals surface area contributed by atoms with E-state index in [0.29, 0.717) is 6.54 Å². The molecule has 19 heavy (non-hydrogen) atoms. The Morgan fingerprint density at radius 3 is 2.42 bits per heavy atom. The van der Waals surface area contributed by atoms with E-state index in [-0.39, 0.29) is 22.0 Å². The summed E-state index contributed by atoms with van der Waals surface area (Å²) in [5.74, 6) is 0. The van der Waals surface area contributed by atoms with Crippen LogP contribution in [0.1, 0.15) is 34.1 Å². The summed E-state index contributed by atoms with van der Waals surface area (Å²) >= 11 is 1.34. The number of nitrogens with zero attached hydrogens (tertiary/aromatic N) is 1. The molecule has 1 N–H and O–H groups in total. The minimum atomic E-state index is -0.485. The van der Waals surface area contributed by atoms with Crippen molar-refractivity contribution < 1.29 is 14.3 Å². The first kappa shape index (κ1) is 14.7. The maximum Gasteiger partial charge on any atom is 0.410 e. The monoisotopic (exact) mass is 286 g/mol. The molecule has 1 atom stereocenters. The Kier molecular flexibility index (Phi) is 3.84. The van der Waals surface area contributed by atoms with Crippen molar-refractivity contribution in [2.75, 3.05) is 19.6 Å². The number of carbonyl (C=O) groups is 2. The number of amides is 1. The van der Waals surface area contributed by atoms with E-state index in [1.807, 2.05) is 25.7 Å². The van der Waals surface area contributed by atoms with Crippen molar-refractivity contribution in [1.82, 2.24) is 10.2 Å². The van der Waals surface area contributed by atoms with E-state index in [1.165, 1.54) is 11.8 Å². The van der Waals surface area contributed by atoms with Gasteiger partial charge >= 0.3 is 6.09 Å². The van der Waals surface area contributed by atoms with Gasteiger partial charge in [0.1, 0.15) is 5.60 Å². The molecule has 0 aliphatic carbocycles. The molecule has 6 heteroatoms. The van der Waals surface area contributed by atoms with Gasteiger partial charge in [-0.25, -0.2) is 4.79 Å². The summed E-state index contributed by atoms with van der Waals surface area (Å²) in [6.07, 6.45) is 0.601. The van der Waals surface area contributed by atoms with E-state index in [9.17, 15) is 9.59 Å². The Hall–Kier alpha value is -0.750. The zero-order valence-corrected chi connectivity index (χ0v) is 12.8. The van der Waals surface area contributed by atoms with Crippen molar-refractivity contribution >= 4 is 23.0 Å². The van der Waals surface area contributed by atoms with Crippen LogP contribution in [-0.4, -0.2) is 52.1 Å². The third kappa shape index (κ3) is 3.23. The number of likely N-dealkylation sites (tertiary alicyclic amines) is 1. The van der Waals surface area contributed by atoms with Crippen LogP contribution >= 0.6 is 11.8 Å². The molecule has 1 unspecified atom stereocenters. The van der Waals surface area contributed by atoms with Gasteiger partial charge in [0.15, 0.2) is 5.12 Å². The lowest BCUT2D eigenvalue weighted by atomic mass is 9.89. The zero-order chi connectivity index (χ0) is 14.3. The zero-order valence-electron chi connectivity index (χ0n) is 12.0. The number of hydrogen-bond acceptors (Lipinski definition) is 5. The predicted octanol–water partition coefficient (Wildman–Crippen LogP) is 1.62. The van der Waals surface area contributed by atoms with Crippen molar-refractivity contribution in [2.24, 2.45) is 0 Å². The molecule has 2 aliphatic rings. The maximum atomic E-state index is 12.3. The molecule has 0 aromatic rings. The van der Waals surface area contributed by atoms with E-state index in [1.54, 1.807) is 6.92 Å². The summed E-state index contributed by atoms with van der Waals surface area (Å²) in [4.78, 5) is 25.3. The fourth-order valence-corrected chi connectivity index (χ4v) is 3.73. The second-order valence-electron chi connectivity index (χ2n) is 6.35. The summed E-state index contributed by atoms with van der Waals surface area (Å²) < 4.78 is 5.47. The van der Waals surface area contributed by atoms with E-state index in [0.717, 1.165) is 19.5 Å². The van der Waals surface area contributed by atoms with Crippen LogP contribution in [-0.2, 0) is 9.53 Å². The first-order valence-corrected chi connectivity index (χ1v) is 7.48. The van der Waals surface area contributed by atoms with Crippen LogP contribution in [0, 0.1) is 0 Å². The molecule has 0 aromatic carbocycles. The standard InChI is InChI=1S/C13H22N2O3S/c1-9(16)19-10-5-13(7-14-8-13)15(6-10)11(17)18-12(2,3)4/h10,14H,5-8H2,1-4H3. The van der Waals surface area contributed by atoms with Crippen LogP contribution in [0.5, 0.6) is 0 Å². The SMILES string of the molecule is CC(=O)SC1CN(C(=O)OC(C)(C)C)C2(CNC2)C1. The van der Waals surface area contributed by atoms with Gasteiger partial charge in [0, 0.05) is 31.8 Å². The van der Waals surface area contributed by atoms with Crippen LogP contribution in [0.3, 0.4) is 0 Å². The fourth-order valence-electron chi connectivity index (χ4n) is 2.64. The van der Waals surface area contributed by atoms with Crippen LogP contribution in [0.2, 0.25) is 0 Å². The second-order valence-corrected chi connectivity index (χ2v) is 7.83. The van der Waals surface area contributed by atoms with Crippen molar-refractivity contribution in [3.8, 4) is 0 Å². The topological polar surface area (TPSA) is 58.6 Å². The number of ether oxygens (including phenoxy) is 1. The lowest BCUT2D eigenvalue weighted by Crippen LogP contribution is -2.67. The highest BCUT2D eigenvalue weighted by Crippen LogP contribution is 2.39. The van der Waals surface area contributed by atoms with E-state index >= 15 is 0 Å². The molecule has 2 aliphatic heterocycles. The van der Waals surface area contributed by atoms with Gasteiger partial charge in [-0.1, -0.05) is 11.8 Å². The van der Waals surface area contributed by atoms with Crippen LogP contribution in [0.15, 0.2) is 0 Å². The Morgan fingerprint density at radius 1 is 1.37 bits per heavy atom. The van der Waals surface area contributed by atoms with Gasteiger partial charge in [0.05, 0.1) is 5.54 Å². The summed E-state index contributed by atoms with van der Waals surface area (Å²) in [5, 5.41) is 3.52. The molecule has 1 spiro atoms. The third-order valence-corrected chi connectivity index (χ3v) is 4.40. The number of nitrogens with one attached hydrogen (secondary N) is 1. The number of carbonyl (C=O) groups excluding carboxylic acids is 2. The third-order valence-electron chi connectivity index (χ3n) is 3.42. The van der Waals surface area contributed by atoms with Crippen LogP contribution in [0.4, 0.5) is 4.79 Å². The van der Waals surface area contributed by atoms with Crippen molar-refractivity contribution in [2.45, 2.75) is 50.5 Å². The van der Waals surface area contributed by atoms with Gasteiger partial charge in [0.2, 0.25) is 0 Å². The molecule has 0 radical (unpaired) electrons. The maximum absolute atomic E-state index is 12.3. The lowest BCUT2D eigenvalue weighted by Gasteiger charge is -2.46. The highest BCUT2D eigenvalue weighted by atomic mass is 32.2. The van der Waals surface area contributed by atoms with E-state index < -0.39 is 5.60 Å². The smallest absolute Gasteiger partial charge is 0.410 e. The van der Waals surface area contributed by atoms with Gasteiger partial charge in [-0.2, -0.15) is 0 Å². The molecule has 108 valence electrons. The van der Waals surface area contributed by atoms with Crippen molar-refractivity contribution in [3.05, 3.63) is 0 Å². The van der Waals surface area contributed by atoms with Gasteiger partial charge in [-0.05, 0) is 27.2 Å². The van der Waals surface area contributed by atoms with E-state index in [2.05, 4.69) is 5.32 Å². The molecule has 0 saturated carbocycles. The minimum absolute atomic E-state index is 0.110. The average Bonchev–Trinajstić information content (AvgIpc) is 2.53. The van der Waals surface area contributed by atoms with Crippen molar-refractivity contribution in [3.63, 3.8) is 0 Å². The summed E-state index contributed by atoms with van der Waals surface area (Å²) in [5.41, 5.74) is -0.628. The number of rotatable bonds is 1. The highest BCUT2D eigenvalue weighted by molar-refractivity contribution is 8.14. The Balaban J connectivity index is 2.06. The first-order chi connectivity index (χ1) is 8.72. The van der Waals surface area contributed by atoms with Crippen LogP contribution in [0.25, 0.3) is 0 Å². The first-order valence-electron chi connectivity index (χ1n) is 6.60. The van der Waals surface area contributed by atoms with E-state index in [4.69, 9.17) is 4.74 Å². The molecule has 2 heterocycles. The lowest BCUT2D eigenvalue weighted by molar-refractivity contribution is -0.109. The number of thioether (sulfide) groups is 1. The molecule has 0 bridgehead atoms. The number of hydrogen-bond donors (Lipinski definition) is 1. The average molecular weight is 286 g/mol. The Morgan fingerprint density at radius 2 is 2.00 bits per heavy atom. The van der Waals surface area contributed by atoms with Crippen molar-refractivity contribution in [1.29, 1.82) is 0 Å². The highest BCUT2D eigenvalue weighted by Gasteiger charge is 2.53. The Bertz CT molecular complexity index is 388.